The molecule has 5 nitrogen and oxygen atoms in total. The summed E-state index contributed by atoms with van der Waals surface area (Å²) in [6, 6.07) is 5.68. The molecular weight excluding hydrogens is 324 g/mol. The number of aromatic nitrogens is 1. The molecule has 0 saturated carbocycles. The molecule has 0 saturated heterocycles. The Hall–Kier alpha value is -2.08. The number of hydrogen-bond donors (Lipinski definition) is 1. The maximum Gasteiger partial charge on any atom is 0.226 e. The number of amides is 1. The van der Waals surface area contributed by atoms with Crippen LogP contribution >= 0.6 is 11.3 Å². The molecule has 1 atom stereocenters. The van der Waals surface area contributed by atoms with E-state index in [1.165, 1.54) is 0 Å². The van der Waals surface area contributed by atoms with Gasteiger partial charge in [-0.3, -0.25) is 4.79 Å². The molecule has 1 aromatic heterocycles. The van der Waals surface area contributed by atoms with Gasteiger partial charge in [-0.05, 0) is 24.6 Å². The smallest absolute Gasteiger partial charge is 0.226 e. The predicted molar refractivity (Wildman–Crippen MR) is 93.9 cm³/mol. The van der Waals surface area contributed by atoms with Crippen LogP contribution in [0.3, 0.4) is 0 Å². The Labute approximate surface area is 146 Å². The zero-order chi connectivity index (χ0) is 17.1. The van der Waals surface area contributed by atoms with Crippen LogP contribution in [0.25, 0.3) is 0 Å². The lowest BCUT2D eigenvalue weighted by Gasteiger charge is -2.21. The average molecular weight is 346 g/mol. The van der Waals surface area contributed by atoms with Gasteiger partial charge in [0.25, 0.3) is 0 Å². The van der Waals surface area contributed by atoms with Crippen LogP contribution in [0, 0.1) is 0 Å². The van der Waals surface area contributed by atoms with Gasteiger partial charge in [0.05, 0.1) is 23.2 Å². The first kappa shape index (κ1) is 16.8. The highest BCUT2D eigenvalue weighted by Crippen LogP contribution is 2.32. The lowest BCUT2D eigenvalue weighted by molar-refractivity contribution is -0.121. The van der Waals surface area contributed by atoms with Crippen molar-refractivity contribution in [3.05, 3.63) is 39.8 Å². The van der Waals surface area contributed by atoms with Crippen molar-refractivity contribution in [1.29, 1.82) is 0 Å². The zero-order valence-corrected chi connectivity index (χ0v) is 15.0. The van der Waals surface area contributed by atoms with Crippen LogP contribution in [0.2, 0.25) is 0 Å². The summed E-state index contributed by atoms with van der Waals surface area (Å²) in [5, 5.41) is 6.05. The Morgan fingerprint density at radius 3 is 2.71 bits per heavy atom. The van der Waals surface area contributed by atoms with Gasteiger partial charge < -0.3 is 14.8 Å². The lowest BCUT2D eigenvalue weighted by Crippen LogP contribution is -2.28. The van der Waals surface area contributed by atoms with Crippen LogP contribution in [0.15, 0.2) is 23.6 Å². The molecule has 0 fully saturated rings. The molecule has 6 heteroatoms. The summed E-state index contributed by atoms with van der Waals surface area (Å²) in [6.45, 7) is 7.30. The van der Waals surface area contributed by atoms with Crippen molar-refractivity contribution < 1.29 is 14.3 Å². The molecule has 1 aliphatic heterocycles. The molecule has 3 rings (SSSR count). The Morgan fingerprint density at radius 2 is 2.00 bits per heavy atom. The first-order valence-electron chi connectivity index (χ1n) is 8.16. The third-order valence-electron chi connectivity index (χ3n) is 3.85. The SMILES string of the molecule is CC(C)c1nc(CC(=O)N[C@@H](C)c2ccc3c(c2)OCCO3)cs1. The van der Waals surface area contributed by atoms with Crippen LogP contribution < -0.4 is 14.8 Å². The molecule has 2 aromatic rings. The van der Waals surface area contributed by atoms with Crippen LogP contribution in [0.1, 0.15) is 49.0 Å². The number of nitrogens with one attached hydrogen (secondary N) is 1. The van der Waals surface area contributed by atoms with Gasteiger partial charge in [0, 0.05) is 11.3 Å². The van der Waals surface area contributed by atoms with Crippen molar-refractivity contribution in [2.75, 3.05) is 13.2 Å². The highest BCUT2D eigenvalue weighted by molar-refractivity contribution is 7.09. The number of nitrogens with zero attached hydrogens (tertiary/aromatic N) is 1. The van der Waals surface area contributed by atoms with Gasteiger partial charge in [0.1, 0.15) is 13.2 Å². The minimum atomic E-state index is -0.100. The van der Waals surface area contributed by atoms with Gasteiger partial charge in [-0.1, -0.05) is 19.9 Å². The van der Waals surface area contributed by atoms with E-state index in [4.69, 9.17) is 9.47 Å². The fraction of sp³-hybridized carbons (Fsp3) is 0.444. The number of hydrogen-bond acceptors (Lipinski definition) is 5. The van der Waals surface area contributed by atoms with Crippen LogP contribution in [-0.2, 0) is 11.2 Å². The van der Waals surface area contributed by atoms with Crippen molar-refractivity contribution in [3.63, 3.8) is 0 Å². The Kier molecular flexibility index (Phi) is 5.04. The summed E-state index contributed by atoms with van der Waals surface area (Å²) in [5.41, 5.74) is 1.82. The number of benzene rings is 1. The molecule has 0 radical (unpaired) electrons. The standard InChI is InChI=1S/C18H22N2O3S/c1-11(2)18-20-14(10-24-18)9-17(21)19-12(3)13-4-5-15-16(8-13)23-7-6-22-15/h4-5,8,10-12H,6-7,9H2,1-3H3,(H,19,21)/t12-/m0/s1. The molecule has 24 heavy (non-hydrogen) atoms. The number of carbonyl (C=O) groups excluding carboxylic acids is 1. The van der Waals surface area contributed by atoms with E-state index in [1.807, 2.05) is 30.5 Å². The van der Waals surface area contributed by atoms with Crippen LogP contribution in [0.5, 0.6) is 11.5 Å². The average Bonchev–Trinajstić information content (AvgIpc) is 3.03. The summed E-state index contributed by atoms with van der Waals surface area (Å²) in [6.07, 6.45) is 0.304. The van der Waals surface area contributed by atoms with E-state index in [2.05, 4.69) is 24.1 Å². The van der Waals surface area contributed by atoms with Gasteiger partial charge in [-0.25, -0.2) is 4.98 Å². The molecule has 1 aliphatic rings. The molecule has 128 valence electrons. The maximum absolute atomic E-state index is 12.3. The number of thiazole rings is 1. The Bertz CT molecular complexity index is 727. The summed E-state index contributed by atoms with van der Waals surface area (Å²) < 4.78 is 11.1. The van der Waals surface area contributed by atoms with E-state index in [1.54, 1.807) is 11.3 Å². The van der Waals surface area contributed by atoms with Gasteiger partial charge >= 0.3 is 0 Å². The fourth-order valence-electron chi connectivity index (χ4n) is 2.54. The van der Waals surface area contributed by atoms with Gasteiger partial charge in [0.2, 0.25) is 5.91 Å². The van der Waals surface area contributed by atoms with E-state index in [9.17, 15) is 4.79 Å². The molecule has 0 bridgehead atoms. The normalized spacial score (nSPS) is 14.5. The van der Waals surface area contributed by atoms with Crippen molar-refractivity contribution >= 4 is 17.2 Å². The van der Waals surface area contributed by atoms with Gasteiger partial charge in [0.15, 0.2) is 11.5 Å². The lowest BCUT2D eigenvalue weighted by atomic mass is 10.1. The third kappa shape index (κ3) is 3.87. The largest absolute Gasteiger partial charge is 0.486 e. The van der Waals surface area contributed by atoms with E-state index < -0.39 is 0 Å². The summed E-state index contributed by atoms with van der Waals surface area (Å²) >= 11 is 1.61. The summed E-state index contributed by atoms with van der Waals surface area (Å²) in [5.74, 6) is 1.86. The van der Waals surface area contributed by atoms with Crippen molar-refractivity contribution in [3.8, 4) is 11.5 Å². The Balaban J connectivity index is 1.61. The summed E-state index contributed by atoms with van der Waals surface area (Å²) in [7, 11) is 0. The minimum Gasteiger partial charge on any atom is -0.486 e. The highest BCUT2D eigenvalue weighted by Gasteiger charge is 2.16. The monoisotopic (exact) mass is 346 g/mol. The molecule has 1 aromatic carbocycles. The first-order chi connectivity index (χ1) is 11.5. The van der Waals surface area contributed by atoms with Crippen LogP contribution in [0.4, 0.5) is 0 Å². The molecular formula is C18H22N2O3S. The van der Waals surface area contributed by atoms with Gasteiger partial charge in [-0.15, -0.1) is 11.3 Å². The zero-order valence-electron chi connectivity index (χ0n) is 14.2. The first-order valence-corrected chi connectivity index (χ1v) is 9.04. The van der Waals surface area contributed by atoms with Crippen molar-refractivity contribution in [1.82, 2.24) is 10.3 Å². The van der Waals surface area contributed by atoms with E-state index in [0.717, 1.165) is 27.8 Å². The molecule has 1 N–H and O–H groups in total. The minimum absolute atomic E-state index is 0.0296. The number of rotatable bonds is 5. The van der Waals surface area contributed by atoms with Crippen LogP contribution in [-0.4, -0.2) is 24.1 Å². The number of ether oxygens (including phenoxy) is 2. The predicted octanol–water partition coefficient (Wildman–Crippen LogP) is 3.46. The van der Waals surface area contributed by atoms with E-state index in [0.29, 0.717) is 25.6 Å². The van der Waals surface area contributed by atoms with E-state index in [-0.39, 0.29) is 11.9 Å². The topological polar surface area (TPSA) is 60.5 Å². The van der Waals surface area contributed by atoms with Gasteiger partial charge in [-0.2, -0.15) is 0 Å². The number of carbonyl (C=O) groups is 1. The molecule has 1 amide bonds. The molecule has 0 spiro atoms. The molecule has 0 unspecified atom stereocenters. The summed E-state index contributed by atoms with van der Waals surface area (Å²) in [4.78, 5) is 16.8. The third-order valence-corrected chi connectivity index (χ3v) is 5.04. The maximum atomic E-state index is 12.3. The Morgan fingerprint density at radius 1 is 1.25 bits per heavy atom. The number of fused-ring (bicyclic) bond motifs is 1. The van der Waals surface area contributed by atoms with Crippen molar-refractivity contribution in [2.24, 2.45) is 0 Å². The quantitative estimate of drug-likeness (QED) is 0.901. The second kappa shape index (κ2) is 7.21. The fourth-order valence-corrected chi connectivity index (χ4v) is 3.37. The van der Waals surface area contributed by atoms with E-state index >= 15 is 0 Å². The molecule has 0 aliphatic carbocycles. The van der Waals surface area contributed by atoms with Crippen molar-refractivity contribution in [2.45, 2.75) is 39.2 Å². The highest BCUT2D eigenvalue weighted by atomic mass is 32.1. The second-order valence-electron chi connectivity index (χ2n) is 6.20. The second-order valence-corrected chi connectivity index (χ2v) is 7.09. The molecule has 2 heterocycles.